The molecule has 2 aliphatic rings. The van der Waals surface area contributed by atoms with Crippen molar-refractivity contribution in [2.24, 2.45) is 10.8 Å². The van der Waals surface area contributed by atoms with Crippen LogP contribution in [-0.4, -0.2) is 84.7 Å². The van der Waals surface area contributed by atoms with E-state index in [2.05, 4.69) is 34.6 Å². The van der Waals surface area contributed by atoms with Gasteiger partial charge in [-0.1, -0.05) is 66.2 Å². The van der Waals surface area contributed by atoms with E-state index in [0.29, 0.717) is 25.2 Å². The monoisotopic (exact) mass is 568 g/mol. The summed E-state index contributed by atoms with van der Waals surface area (Å²) in [5, 5.41) is 3.45. The zero-order chi connectivity index (χ0) is 29.4. The van der Waals surface area contributed by atoms with Gasteiger partial charge in [-0.05, 0) is 74.8 Å². The maximum Gasteiger partial charge on any atom is 0.327 e. The summed E-state index contributed by atoms with van der Waals surface area (Å²) < 4.78 is 6.01. The number of hydroxylamine groups is 4. The van der Waals surface area contributed by atoms with Gasteiger partial charge in [-0.2, -0.15) is 4.94 Å². The Bertz CT molecular complexity index is 729. The smallest absolute Gasteiger partial charge is 0.327 e. The molecule has 0 aromatic rings. The zero-order valence-corrected chi connectivity index (χ0v) is 26.7. The maximum atomic E-state index is 12.5. The molecule has 9 nitrogen and oxygen atoms in total. The molecule has 0 spiro atoms. The number of likely N-dealkylation sites (N-methyl/N-ethyl adjacent to an activating group) is 1. The molecule has 40 heavy (non-hydrogen) atoms. The van der Waals surface area contributed by atoms with Crippen LogP contribution in [0.4, 0.5) is 4.79 Å². The molecule has 2 heterocycles. The fourth-order valence-electron chi connectivity index (χ4n) is 6.23. The Morgan fingerprint density at radius 2 is 1.30 bits per heavy atom. The van der Waals surface area contributed by atoms with Crippen molar-refractivity contribution in [3.05, 3.63) is 0 Å². The van der Waals surface area contributed by atoms with Crippen LogP contribution in [0.1, 0.15) is 125 Å². The van der Waals surface area contributed by atoms with Crippen LogP contribution in [0.2, 0.25) is 0 Å². The normalized spacial score (nSPS) is 17.6. The molecule has 3 amide bonds. The highest BCUT2D eigenvalue weighted by Gasteiger charge is 2.36. The molecular formula is C31H60N4O5. The summed E-state index contributed by atoms with van der Waals surface area (Å²) in [4.78, 5) is 39.0. The van der Waals surface area contributed by atoms with E-state index in [4.69, 9.17) is 14.5 Å². The van der Waals surface area contributed by atoms with Crippen molar-refractivity contribution < 1.29 is 24.1 Å². The molecule has 2 saturated heterocycles. The molecule has 2 rings (SSSR count). The second-order valence-electron chi connectivity index (χ2n) is 11.8. The van der Waals surface area contributed by atoms with E-state index >= 15 is 0 Å². The first kappa shape index (κ1) is 34.9. The molecule has 2 aliphatic heterocycles. The number of unbranched alkanes of at least 4 members (excludes halogenated alkanes) is 2. The minimum atomic E-state index is -0.119. The number of rotatable bonds is 23. The van der Waals surface area contributed by atoms with Crippen LogP contribution in [0.25, 0.3) is 0 Å². The number of amides is 3. The van der Waals surface area contributed by atoms with E-state index in [1.165, 1.54) is 37.0 Å². The van der Waals surface area contributed by atoms with Gasteiger partial charge in [0.05, 0.1) is 6.54 Å². The lowest BCUT2D eigenvalue weighted by Crippen LogP contribution is -2.36. The Morgan fingerprint density at radius 3 is 1.80 bits per heavy atom. The number of imide groups is 1. The van der Waals surface area contributed by atoms with E-state index < -0.39 is 0 Å². The topological polar surface area (TPSA) is 74.8 Å². The van der Waals surface area contributed by atoms with Gasteiger partial charge in [-0.3, -0.25) is 14.5 Å². The molecule has 234 valence electrons. The average molecular weight is 569 g/mol. The van der Waals surface area contributed by atoms with Crippen LogP contribution in [0.15, 0.2) is 0 Å². The first-order valence-electron chi connectivity index (χ1n) is 16.3. The minimum absolute atomic E-state index is 0.0498. The number of urea groups is 1. The lowest BCUT2D eigenvalue weighted by molar-refractivity contribution is -0.352. The van der Waals surface area contributed by atoms with Gasteiger partial charge in [0, 0.05) is 32.8 Å². The first-order valence-corrected chi connectivity index (χ1v) is 16.3. The molecule has 0 saturated carbocycles. The molecule has 9 heteroatoms. The third-order valence-corrected chi connectivity index (χ3v) is 9.82. The fraction of sp³-hybridized carbons (Fsp3) is 0.935. The van der Waals surface area contributed by atoms with Crippen molar-refractivity contribution in [2.45, 2.75) is 125 Å². The largest absolute Gasteiger partial charge is 0.381 e. The molecule has 0 unspecified atom stereocenters. The molecule has 0 N–H and O–H groups in total. The van der Waals surface area contributed by atoms with E-state index in [1.54, 1.807) is 10.1 Å². The summed E-state index contributed by atoms with van der Waals surface area (Å²) in [5.74, 6) is -0.0498. The molecule has 0 aromatic carbocycles. The SMILES string of the molecule is CCN1CON(CCCC(CC)(CC)CCCCOCCCCC(CC)(CC)CCN2C(=O)CN(CC)C2=O)O1. The van der Waals surface area contributed by atoms with Crippen LogP contribution in [-0.2, 0) is 19.3 Å². The zero-order valence-electron chi connectivity index (χ0n) is 26.7. The third kappa shape index (κ3) is 10.5. The highest BCUT2D eigenvalue weighted by atomic mass is 17.1. The first-order chi connectivity index (χ1) is 19.3. The van der Waals surface area contributed by atoms with Gasteiger partial charge in [0.1, 0.15) is 13.3 Å². The van der Waals surface area contributed by atoms with Crippen molar-refractivity contribution in [2.75, 3.05) is 52.7 Å². The summed E-state index contributed by atoms with van der Waals surface area (Å²) in [7, 11) is 0. The van der Waals surface area contributed by atoms with Crippen LogP contribution in [0, 0.1) is 10.8 Å². The second-order valence-corrected chi connectivity index (χ2v) is 11.8. The third-order valence-electron chi connectivity index (χ3n) is 9.82. The Hall–Kier alpha value is -1.26. The summed E-state index contributed by atoms with van der Waals surface area (Å²) in [6.07, 6.45) is 14.6. The highest BCUT2D eigenvalue weighted by Crippen LogP contribution is 2.38. The number of ether oxygens (including phenoxy) is 1. The fourth-order valence-corrected chi connectivity index (χ4v) is 6.23. The summed E-state index contributed by atoms with van der Waals surface area (Å²) in [6.45, 7) is 18.3. The molecule has 0 atom stereocenters. The van der Waals surface area contributed by atoms with E-state index in [1.807, 2.05) is 12.0 Å². The van der Waals surface area contributed by atoms with Crippen molar-refractivity contribution >= 4 is 11.9 Å². The predicted octanol–water partition coefficient (Wildman–Crippen LogP) is 6.78. The Kier molecular flexibility index (Phi) is 16.0. The molecule has 2 fully saturated rings. The van der Waals surface area contributed by atoms with E-state index in [-0.39, 0.29) is 23.9 Å². The maximum absolute atomic E-state index is 12.5. The average Bonchev–Trinajstić information content (AvgIpc) is 3.55. The van der Waals surface area contributed by atoms with Crippen LogP contribution >= 0.6 is 0 Å². The predicted molar refractivity (Wildman–Crippen MR) is 159 cm³/mol. The van der Waals surface area contributed by atoms with Gasteiger partial charge in [0.15, 0.2) is 0 Å². The van der Waals surface area contributed by atoms with Crippen LogP contribution < -0.4 is 0 Å². The Labute approximate surface area is 244 Å². The number of hydrogen-bond donors (Lipinski definition) is 0. The van der Waals surface area contributed by atoms with Gasteiger partial charge < -0.3 is 9.64 Å². The van der Waals surface area contributed by atoms with Gasteiger partial charge in [-0.25, -0.2) is 4.79 Å². The van der Waals surface area contributed by atoms with Gasteiger partial charge in [0.25, 0.3) is 0 Å². The van der Waals surface area contributed by atoms with Crippen LogP contribution in [0.5, 0.6) is 0 Å². The number of carbonyl (C=O) groups is 2. The molecule has 0 radical (unpaired) electrons. The van der Waals surface area contributed by atoms with Crippen molar-refractivity contribution in [3.8, 4) is 0 Å². The van der Waals surface area contributed by atoms with Gasteiger partial charge >= 0.3 is 6.03 Å². The van der Waals surface area contributed by atoms with Crippen LogP contribution in [0.3, 0.4) is 0 Å². The van der Waals surface area contributed by atoms with Crippen molar-refractivity contribution in [1.29, 1.82) is 0 Å². The number of hydrogen-bond acceptors (Lipinski definition) is 7. The standard InChI is InChI=1S/C31H60N4O5/c1-7-30(8-2,20-17-22-35-39-27-33(12-6)40-35)18-13-15-24-38-25-16-14-19-31(9-3,10-4)21-23-34-28(36)26-32(11-5)29(34)37/h7-27H2,1-6H3. The lowest BCUT2D eigenvalue weighted by atomic mass is 9.74. The van der Waals surface area contributed by atoms with E-state index in [9.17, 15) is 9.59 Å². The second kappa shape index (κ2) is 18.3. The minimum Gasteiger partial charge on any atom is -0.381 e. The highest BCUT2D eigenvalue weighted by molar-refractivity contribution is 6.01. The summed E-state index contributed by atoms with van der Waals surface area (Å²) in [6, 6.07) is -0.119. The van der Waals surface area contributed by atoms with Crippen molar-refractivity contribution in [3.63, 3.8) is 0 Å². The molecule has 0 aromatic heterocycles. The molecular weight excluding hydrogens is 508 g/mol. The van der Waals surface area contributed by atoms with Gasteiger partial charge in [-0.15, -0.1) is 5.06 Å². The molecule has 0 aliphatic carbocycles. The summed E-state index contributed by atoms with van der Waals surface area (Å²) in [5.41, 5.74) is 0.583. The van der Waals surface area contributed by atoms with E-state index in [0.717, 1.165) is 77.7 Å². The number of carbonyl (C=O) groups excluding carboxylic acids is 2. The Morgan fingerprint density at radius 1 is 0.725 bits per heavy atom. The summed E-state index contributed by atoms with van der Waals surface area (Å²) >= 11 is 0. The lowest BCUT2D eigenvalue weighted by Gasteiger charge is -2.33. The number of nitrogens with zero attached hydrogens (tertiary/aromatic N) is 4. The molecule has 0 bridgehead atoms. The van der Waals surface area contributed by atoms with Crippen molar-refractivity contribution in [1.82, 2.24) is 20.1 Å². The van der Waals surface area contributed by atoms with Gasteiger partial charge in [0.2, 0.25) is 5.91 Å². The quantitative estimate of drug-likeness (QED) is 0.0993. The Balaban J connectivity index is 1.59.